The normalized spacial score (nSPS) is 12.4. The average molecular weight is 526 g/mol. The first kappa shape index (κ1) is 22.1. The molecule has 1 aliphatic heterocycles. The first-order valence-electron chi connectivity index (χ1n) is 13.7. The minimum atomic E-state index is 1.20. The highest BCUT2D eigenvalue weighted by molar-refractivity contribution is 7.99. The van der Waals surface area contributed by atoms with Gasteiger partial charge in [-0.25, -0.2) is 0 Å². The standard InChI is InChI=1S/C38H23NS/c1-2-10-26-23-35-31(21-25(26)9-1)29-14-4-6-17-34(29)39(35)33-16-5-3-13-28(33)27-19-20-36-32(22-27)30-15-7-11-24-12-8-18-37(40-36)38(24)30/h1-23H. The van der Waals surface area contributed by atoms with Crippen LogP contribution < -0.4 is 0 Å². The van der Waals surface area contributed by atoms with Crippen molar-refractivity contribution in [3.8, 4) is 27.9 Å². The summed E-state index contributed by atoms with van der Waals surface area (Å²) >= 11 is 1.88. The summed E-state index contributed by atoms with van der Waals surface area (Å²) in [5, 5.41) is 7.76. The topological polar surface area (TPSA) is 4.93 Å². The predicted octanol–water partition coefficient (Wildman–Crippen LogP) is 10.9. The minimum Gasteiger partial charge on any atom is -0.309 e. The highest BCUT2D eigenvalue weighted by atomic mass is 32.2. The second-order valence-corrected chi connectivity index (χ2v) is 11.6. The molecule has 1 aromatic heterocycles. The van der Waals surface area contributed by atoms with Gasteiger partial charge in [-0.3, -0.25) is 0 Å². The van der Waals surface area contributed by atoms with Crippen LogP contribution in [0.5, 0.6) is 0 Å². The van der Waals surface area contributed by atoms with E-state index in [-0.39, 0.29) is 0 Å². The number of nitrogens with zero attached hydrogens (tertiary/aromatic N) is 1. The van der Waals surface area contributed by atoms with Crippen LogP contribution in [0.2, 0.25) is 0 Å². The lowest BCUT2D eigenvalue weighted by molar-refractivity contribution is 1.18. The Kier molecular flexibility index (Phi) is 4.61. The molecule has 1 nitrogen and oxygen atoms in total. The van der Waals surface area contributed by atoms with Crippen molar-refractivity contribution in [2.45, 2.75) is 9.79 Å². The van der Waals surface area contributed by atoms with Crippen LogP contribution in [0.1, 0.15) is 0 Å². The van der Waals surface area contributed by atoms with E-state index in [0.717, 1.165) is 0 Å². The second-order valence-electron chi connectivity index (χ2n) is 10.6. The molecule has 0 atom stereocenters. The lowest BCUT2D eigenvalue weighted by Crippen LogP contribution is -1.98. The Hall–Kier alpha value is -4.79. The first-order chi connectivity index (χ1) is 19.8. The van der Waals surface area contributed by atoms with E-state index in [1.807, 2.05) is 11.8 Å². The van der Waals surface area contributed by atoms with E-state index in [1.165, 1.54) is 81.1 Å². The number of hydrogen-bond donors (Lipinski definition) is 0. The van der Waals surface area contributed by atoms with Gasteiger partial charge >= 0.3 is 0 Å². The molecule has 8 aromatic rings. The molecule has 0 fully saturated rings. The van der Waals surface area contributed by atoms with Crippen LogP contribution in [-0.2, 0) is 0 Å². The number of hydrogen-bond acceptors (Lipinski definition) is 1. The van der Waals surface area contributed by atoms with Gasteiger partial charge in [-0.05, 0) is 75.3 Å². The largest absolute Gasteiger partial charge is 0.309 e. The van der Waals surface area contributed by atoms with Gasteiger partial charge in [0.15, 0.2) is 0 Å². The van der Waals surface area contributed by atoms with Crippen molar-refractivity contribution in [3.63, 3.8) is 0 Å². The van der Waals surface area contributed by atoms with Crippen molar-refractivity contribution in [2.24, 2.45) is 0 Å². The van der Waals surface area contributed by atoms with Gasteiger partial charge in [0.25, 0.3) is 0 Å². The fourth-order valence-electron chi connectivity index (χ4n) is 6.56. The summed E-state index contributed by atoms with van der Waals surface area (Å²) < 4.78 is 2.46. The molecule has 0 radical (unpaired) electrons. The van der Waals surface area contributed by atoms with Crippen LogP contribution >= 0.6 is 11.8 Å². The van der Waals surface area contributed by atoms with Crippen LogP contribution in [0.4, 0.5) is 0 Å². The Morgan fingerprint density at radius 1 is 0.425 bits per heavy atom. The molecular formula is C38H23NS. The predicted molar refractivity (Wildman–Crippen MR) is 171 cm³/mol. The molecule has 0 bridgehead atoms. The van der Waals surface area contributed by atoms with Gasteiger partial charge in [0.2, 0.25) is 0 Å². The Labute approximate surface area is 236 Å². The monoisotopic (exact) mass is 525 g/mol. The van der Waals surface area contributed by atoms with Gasteiger partial charge in [0.05, 0.1) is 16.7 Å². The first-order valence-corrected chi connectivity index (χ1v) is 14.5. The molecule has 2 heteroatoms. The molecule has 0 spiro atoms. The highest BCUT2D eigenvalue weighted by Gasteiger charge is 2.21. The summed E-state index contributed by atoms with van der Waals surface area (Å²) in [6, 6.07) is 51.3. The molecule has 186 valence electrons. The summed E-state index contributed by atoms with van der Waals surface area (Å²) in [7, 11) is 0. The SMILES string of the molecule is c1ccc(-n2c3ccccc3c3cc4ccccc4cc32)c(-c2ccc3c(c2)-c2cccc4cccc(c24)S3)c1. The zero-order valence-corrected chi connectivity index (χ0v) is 22.5. The molecule has 7 aromatic carbocycles. The summed E-state index contributed by atoms with van der Waals surface area (Å²) in [5.41, 5.74) is 8.77. The van der Waals surface area contributed by atoms with Crippen molar-refractivity contribution in [1.82, 2.24) is 4.57 Å². The Morgan fingerprint density at radius 3 is 2.08 bits per heavy atom. The van der Waals surface area contributed by atoms with Gasteiger partial charge in [0, 0.05) is 31.5 Å². The van der Waals surface area contributed by atoms with Gasteiger partial charge in [-0.15, -0.1) is 0 Å². The fraction of sp³-hybridized carbons (Fsp3) is 0. The molecule has 0 saturated heterocycles. The summed E-state index contributed by atoms with van der Waals surface area (Å²) in [5.74, 6) is 0. The zero-order valence-electron chi connectivity index (χ0n) is 21.6. The Balaban J connectivity index is 1.32. The quantitative estimate of drug-likeness (QED) is 0.217. The molecule has 0 saturated carbocycles. The molecule has 0 amide bonds. The minimum absolute atomic E-state index is 1.20. The van der Waals surface area contributed by atoms with E-state index < -0.39 is 0 Å². The zero-order chi connectivity index (χ0) is 26.2. The van der Waals surface area contributed by atoms with E-state index in [2.05, 4.69) is 144 Å². The van der Waals surface area contributed by atoms with Crippen LogP contribution in [0.25, 0.3) is 71.3 Å². The summed E-state index contributed by atoms with van der Waals surface area (Å²) in [4.78, 5) is 2.65. The van der Waals surface area contributed by atoms with Crippen LogP contribution in [0.15, 0.2) is 149 Å². The third-order valence-corrected chi connectivity index (χ3v) is 9.49. The number of aromatic nitrogens is 1. The van der Waals surface area contributed by atoms with Crippen LogP contribution in [0, 0.1) is 0 Å². The van der Waals surface area contributed by atoms with E-state index >= 15 is 0 Å². The molecule has 0 unspecified atom stereocenters. The Morgan fingerprint density at radius 2 is 1.15 bits per heavy atom. The molecule has 40 heavy (non-hydrogen) atoms. The van der Waals surface area contributed by atoms with E-state index in [1.54, 1.807) is 0 Å². The van der Waals surface area contributed by atoms with Crippen molar-refractivity contribution >= 4 is 55.1 Å². The number of fused-ring (bicyclic) bond motifs is 6. The fourth-order valence-corrected chi connectivity index (χ4v) is 7.69. The number of rotatable bonds is 2. The number of benzene rings is 7. The van der Waals surface area contributed by atoms with Crippen LogP contribution in [-0.4, -0.2) is 4.57 Å². The van der Waals surface area contributed by atoms with Crippen molar-refractivity contribution < 1.29 is 0 Å². The van der Waals surface area contributed by atoms with Gasteiger partial charge < -0.3 is 4.57 Å². The van der Waals surface area contributed by atoms with Gasteiger partial charge in [-0.1, -0.05) is 109 Å². The lowest BCUT2D eigenvalue weighted by Gasteiger charge is -2.21. The molecule has 2 heterocycles. The smallest absolute Gasteiger partial charge is 0.0547 e. The average Bonchev–Trinajstić information content (AvgIpc) is 3.33. The third kappa shape index (κ3) is 3.11. The molecule has 0 N–H and O–H groups in total. The lowest BCUT2D eigenvalue weighted by atomic mass is 9.94. The van der Waals surface area contributed by atoms with E-state index in [0.29, 0.717) is 0 Å². The van der Waals surface area contributed by atoms with Crippen molar-refractivity contribution in [1.29, 1.82) is 0 Å². The van der Waals surface area contributed by atoms with Crippen LogP contribution in [0.3, 0.4) is 0 Å². The maximum absolute atomic E-state index is 2.46. The molecule has 1 aliphatic rings. The molecule has 0 aliphatic carbocycles. The maximum Gasteiger partial charge on any atom is 0.0547 e. The van der Waals surface area contributed by atoms with Crippen molar-refractivity contribution in [2.75, 3.05) is 0 Å². The molecular weight excluding hydrogens is 502 g/mol. The molecule has 9 rings (SSSR count). The van der Waals surface area contributed by atoms with Gasteiger partial charge in [0.1, 0.15) is 0 Å². The summed E-state index contributed by atoms with van der Waals surface area (Å²) in [6.45, 7) is 0. The maximum atomic E-state index is 2.46. The van der Waals surface area contributed by atoms with Crippen molar-refractivity contribution in [3.05, 3.63) is 140 Å². The third-order valence-electron chi connectivity index (χ3n) is 8.35. The van der Waals surface area contributed by atoms with Gasteiger partial charge in [-0.2, -0.15) is 0 Å². The number of para-hydroxylation sites is 2. The Bertz CT molecular complexity index is 2300. The van der Waals surface area contributed by atoms with E-state index in [9.17, 15) is 0 Å². The highest BCUT2D eigenvalue weighted by Crippen LogP contribution is 2.49. The second kappa shape index (κ2) is 8.35. The van der Waals surface area contributed by atoms with E-state index in [4.69, 9.17) is 0 Å². The summed E-state index contributed by atoms with van der Waals surface area (Å²) in [6.07, 6.45) is 0.